The van der Waals surface area contributed by atoms with Gasteiger partial charge in [0.2, 0.25) is 0 Å². The van der Waals surface area contributed by atoms with E-state index in [4.69, 9.17) is 4.74 Å². The van der Waals surface area contributed by atoms with Crippen molar-refractivity contribution in [3.63, 3.8) is 0 Å². The molecule has 164 valence electrons. The zero-order valence-corrected chi connectivity index (χ0v) is 18.9. The van der Waals surface area contributed by atoms with E-state index in [9.17, 15) is 4.79 Å². The van der Waals surface area contributed by atoms with Crippen LogP contribution in [0.25, 0.3) is 0 Å². The summed E-state index contributed by atoms with van der Waals surface area (Å²) in [5, 5.41) is 0. The molecule has 4 aromatic rings. The van der Waals surface area contributed by atoms with E-state index >= 15 is 0 Å². The number of hydrogen-bond acceptors (Lipinski definition) is 2. The lowest BCUT2D eigenvalue weighted by Crippen LogP contribution is -2.34. The molecule has 0 aromatic heterocycles. The quantitative estimate of drug-likeness (QED) is 0.307. The van der Waals surface area contributed by atoms with Crippen molar-refractivity contribution in [1.29, 1.82) is 0 Å². The number of rotatable bonds is 6. The summed E-state index contributed by atoms with van der Waals surface area (Å²) in [5.74, 6) is 0.0534. The van der Waals surface area contributed by atoms with Gasteiger partial charge in [-0.3, -0.25) is 4.79 Å². The monoisotopic (exact) mass is 432 g/mol. The number of carbonyl (C=O) groups is 1. The molecule has 2 heteroatoms. The highest BCUT2D eigenvalue weighted by Gasteiger charge is 2.48. The molecule has 0 unspecified atom stereocenters. The summed E-state index contributed by atoms with van der Waals surface area (Å²) in [6, 6.07) is 38.5. The molecule has 1 aliphatic heterocycles. The lowest BCUT2D eigenvalue weighted by atomic mass is 9.83. The minimum absolute atomic E-state index is 0.0534. The molecule has 0 saturated carbocycles. The lowest BCUT2D eigenvalue weighted by molar-refractivity contribution is -0.0764. The molecule has 0 amide bonds. The minimum atomic E-state index is -0.444. The van der Waals surface area contributed by atoms with E-state index in [0.29, 0.717) is 11.1 Å². The molecule has 0 radical (unpaired) electrons. The van der Waals surface area contributed by atoms with Gasteiger partial charge in [0.1, 0.15) is 5.60 Å². The third-order valence-electron chi connectivity index (χ3n) is 6.74. The standard InChI is InChI=1S/C31H28O2/c1-30(23-24-17-19-26(20-18-24)29(32)25-11-5-2-6-12-25)21-22-31(33-30,27-13-7-3-8-14-27)28-15-9-4-10-16-28/h2-20H,21-23H2,1H3/t30-/m0/s1. The Bertz CT molecular complexity index is 1170. The third-order valence-corrected chi connectivity index (χ3v) is 6.74. The van der Waals surface area contributed by atoms with Gasteiger partial charge < -0.3 is 4.74 Å². The number of ketones is 1. The van der Waals surface area contributed by atoms with Crippen molar-refractivity contribution in [3.8, 4) is 0 Å². The van der Waals surface area contributed by atoms with Gasteiger partial charge in [0.15, 0.2) is 5.78 Å². The largest absolute Gasteiger partial charge is 0.359 e. The van der Waals surface area contributed by atoms with Crippen LogP contribution in [0.1, 0.15) is 52.4 Å². The fourth-order valence-corrected chi connectivity index (χ4v) is 5.04. The predicted molar refractivity (Wildman–Crippen MR) is 132 cm³/mol. The lowest BCUT2D eigenvalue weighted by Gasteiger charge is -2.34. The molecule has 33 heavy (non-hydrogen) atoms. The molecule has 1 aliphatic rings. The van der Waals surface area contributed by atoms with Gasteiger partial charge in [-0.25, -0.2) is 0 Å². The Morgan fingerprint density at radius 3 is 1.70 bits per heavy atom. The Kier molecular flexibility index (Phi) is 5.70. The maximum Gasteiger partial charge on any atom is 0.193 e. The average Bonchev–Trinajstić information content (AvgIpc) is 3.24. The first-order chi connectivity index (χ1) is 16.1. The predicted octanol–water partition coefficient (Wildman–Crippen LogP) is 6.97. The highest BCUT2D eigenvalue weighted by Crippen LogP contribution is 2.49. The number of hydrogen-bond donors (Lipinski definition) is 0. The Morgan fingerprint density at radius 1 is 0.667 bits per heavy atom. The number of carbonyl (C=O) groups excluding carboxylic acids is 1. The molecule has 0 bridgehead atoms. The molecular formula is C31H28O2. The smallest absolute Gasteiger partial charge is 0.193 e. The zero-order chi connectivity index (χ0) is 22.7. The van der Waals surface area contributed by atoms with Crippen LogP contribution in [0.3, 0.4) is 0 Å². The average molecular weight is 433 g/mol. The second-order valence-corrected chi connectivity index (χ2v) is 9.18. The zero-order valence-electron chi connectivity index (χ0n) is 18.9. The van der Waals surface area contributed by atoms with Crippen molar-refractivity contribution in [1.82, 2.24) is 0 Å². The highest BCUT2D eigenvalue weighted by molar-refractivity contribution is 6.08. The summed E-state index contributed by atoms with van der Waals surface area (Å²) >= 11 is 0. The van der Waals surface area contributed by atoms with Crippen molar-refractivity contribution >= 4 is 5.78 Å². The van der Waals surface area contributed by atoms with Gasteiger partial charge >= 0.3 is 0 Å². The van der Waals surface area contributed by atoms with E-state index in [2.05, 4.69) is 79.7 Å². The molecule has 1 fully saturated rings. The summed E-state index contributed by atoms with van der Waals surface area (Å²) in [7, 11) is 0. The molecule has 0 N–H and O–H groups in total. The second-order valence-electron chi connectivity index (χ2n) is 9.18. The Hall–Kier alpha value is -3.49. The molecule has 5 rings (SSSR count). The Labute approximate surface area is 195 Å². The summed E-state index contributed by atoms with van der Waals surface area (Å²) in [6.45, 7) is 2.21. The molecule has 1 heterocycles. The summed E-state index contributed by atoms with van der Waals surface area (Å²) in [6.07, 6.45) is 2.69. The first-order valence-corrected chi connectivity index (χ1v) is 11.6. The molecule has 1 saturated heterocycles. The molecule has 0 aliphatic carbocycles. The molecule has 4 aromatic carbocycles. The number of benzene rings is 4. The van der Waals surface area contributed by atoms with Gasteiger partial charge in [-0.1, -0.05) is 115 Å². The van der Waals surface area contributed by atoms with Gasteiger partial charge in [-0.05, 0) is 36.5 Å². The SMILES string of the molecule is C[C@@]1(Cc2ccc(C(=O)c3ccccc3)cc2)CCC(c2ccccc2)(c2ccccc2)O1. The maximum atomic E-state index is 12.7. The van der Waals surface area contributed by atoms with Gasteiger partial charge in [0, 0.05) is 17.5 Å². The Balaban J connectivity index is 1.39. The van der Waals surface area contributed by atoms with E-state index in [0.717, 1.165) is 19.3 Å². The van der Waals surface area contributed by atoms with E-state index in [-0.39, 0.29) is 11.4 Å². The first kappa shape index (κ1) is 21.4. The Morgan fingerprint density at radius 2 is 1.15 bits per heavy atom. The van der Waals surface area contributed by atoms with Crippen molar-refractivity contribution in [3.05, 3.63) is 143 Å². The normalized spacial score (nSPS) is 19.3. The maximum absolute atomic E-state index is 12.7. The molecule has 1 atom stereocenters. The highest BCUT2D eigenvalue weighted by atomic mass is 16.5. The van der Waals surface area contributed by atoms with Crippen LogP contribution in [-0.4, -0.2) is 11.4 Å². The van der Waals surface area contributed by atoms with E-state index < -0.39 is 5.60 Å². The van der Waals surface area contributed by atoms with Gasteiger partial charge in [-0.15, -0.1) is 0 Å². The van der Waals surface area contributed by atoms with Crippen LogP contribution in [0.4, 0.5) is 0 Å². The van der Waals surface area contributed by atoms with Crippen LogP contribution in [0.5, 0.6) is 0 Å². The summed E-state index contributed by atoms with van der Waals surface area (Å²) in [5.41, 5.74) is 4.26. The van der Waals surface area contributed by atoms with Crippen LogP contribution in [0, 0.1) is 0 Å². The van der Waals surface area contributed by atoms with Crippen LogP contribution < -0.4 is 0 Å². The fraction of sp³-hybridized carbons (Fsp3) is 0.194. The van der Waals surface area contributed by atoms with Crippen molar-refractivity contribution in [2.45, 2.75) is 37.4 Å². The van der Waals surface area contributed by atoms with Gasteiger partial charge in [0.05, 0.1) is 5.60 Å². The molecule has 0 spiro atoms. The van der Waals surface area contributed by atoms with Crippen molar-refractivity contribution in [2.75, 3.05) is 0 Å². The van der Waals surface area contributed by atoms with Crippen molar-refractivity contribution < 1.29 is 9.53 Å². The molecule has 2 nitrogen and oxygen atoms in total. The van der Waals surface area contributed by atoms with Crippen molar-refractivity contribution in [2.24, 2.45) is 0 Å². The number of ether oxygens (including phenoxy) is 1. The van der Waals surface area contributed by atoms with E-state index in [1.165, 1.54) is 16.7 Å². The van der Waals surface area contributed by atoms with Gasteiger partial charge in [-0.2, -0.15) is 0 Å². The third kappa shape index (κ3) is 4.27. The fourth-order valence-electron chi connectivity index (χ4n) is 5.04. The second kappa shape index (κ2) is 8.80. The topological polar surface area (TPSA) is 26.3 Å². The summed E-state index contributed by atoms with van der Waals surface area (Å²) in [4.78, 5) is 12.7. The van der Waals surface area contributed by atoms with Crippen LogP contribution >= 0.6 is 0 Å². The van der Waals surface area contributed by atoms with E-state index in [1.54, 1.807) is 0 Å². The summed E-state index contributed by atoms with van der Waals surface area (Å²) < 4.78 is 6.99. The van der Waals surface area contributed by atoms with Crippen LogP contribution in [-0.2, 0) is 16.8 Å². The minimum Gasteiger partial charge on any atom is -0.359 e. The van der Waals surface area contributed by atoms with Gasteiger partial charge in [0.25, 0.3) is 0 Å². The first-order valence-electron chi connectivity index (χ1n) is 11.6. The van der Waals surface area contributed by atoms with Crippen LogP contribution in [0.2, 0.25) is 0 Å². The molecular weight excluding hydrogens is 404 g/mol. The van der Waals surface area contributed by atoms with E-state index in [1.807, 2.05) is 42.5 Å². The van der Waals surface area contributed by atoms with Crippen LogP contribution in [0.15, 0.2) is 115 Å².